The molecular formula is C11H9BrFN3. The molecule has 2 rings (SSSR count). The second-order valence-electron chi connectivity index (χ2n) is 3.15. The lowest BCUT2D eigenvalue weighted by atomic mass is 10.3. The van der Waals surface area contributed by atoms with E-state index in [1.807, 2.05) is 0 Å². The van der Waals surface area contributed by atoms with Gasteiger partial charge in [0.05, 0.1) is 16.7 Å². The molecule has 0 atom stereocenters. The molecule has 1 N–H and O–H groups in total. The summed E-state index contributed by atoms with van der Waals surface area (Å²) in [5.41, 5.74) is 0.453. The number of aromatic nitrogens is 2. The fourth-order valence-corrected chi connectivity index (χ4v) is 1.41. The molecule has 1 heterocycles. The van der Waals surface area contributed by atoms with Gasteiger partial charge in [-0.05, 0) is 28.1 Å². The molecule has 0 spiro atoms. The van der Waals surface area contributed by atoms with Crippen LogP contribution in [0.25, 0.3) is 0 Å². The lowest BCUT2D eigenvalue weighted by Crippen LogP contribution is -2.04. The van der Waals surface area contributed by atoms with Gasteiger partial charge in [-0.2, -0.15) is 0 Å². The third-order valence-electron chi connectivity index (χ3n) is 1.98. The van der Waals surface area contributed by atoms with Crippen molar-refractivity contribution in [3.63, 3.8) is 0 Å². The third-order valence-corrected chi connectivity index (χ3v) is 2.39. The number of anilines is 1. The SMILES string of the molecule is Fc1ccccc1NCc1ncc(Br)cn1. The van der Waals surface area contributed by atoms with Crippen LogP contribution in [0.1, 0.15) is 5.82 Å². The molecule has 16 heavy (non-hydrogen) atoms. The van der Waals surface area contributed by atoms with Gasteiger partial charge in [0.25, 0.3) is 0 Å². The Morgan fingerprint density at radius 1 is 1.19 bits per heavy atom. The van der Waals surface area contributed by atoms with Crippen molar-refractivity contribution in [1.29, 1.82) is 0 Å². The quantitative estimate of drug-likeness (QED) is 0.940. The third kappa shape index (κ3) is 2.76. The lowest BCUT2D eigenvalue weighted by Gasteiger charge is -2.05. The molecule has 0 aliphatic rings. The number of halogens is 2. The summed E-state index contributed by atoms with van der Waals surface area (Å²) < 4.78 is 14.1. The highest BCUT2D eigenvalue weighted by Crippen LogP contribution is 2.13. The van der Waals surface area contributed by atoms with Crippen LogP contribution in [0.15, 0.2) is 41.1 Å². The summed E-state index contributed by atoms with van der Waals surface area (Å²) >= 11 is 3.25. The molecule has 0 unspecified atom stereocenters. The van der Waals surface area contributed by atoms with Gasteiger partial charge in [0.2, 0.25) is 0 Å². The van der Waals surface area contributed by atoms with Crippen LogP contribution < -0.4 is 5.32 Å². The molecule has 1 aromatic carbocycles. The van der Waals surface area contributed by atoms with Crippen molar-refractivity contribution in [2.75, 3.05) is 5.32 Å². The highest BCUT2D eigenvalue weighted by Gasteiger charge is 2.01. The largest absolute Gasteiger partial charge is 0.375 e. The summed E-state index contributed by atoms with van der Waals surface area (Å²) in [6.45, 7) is 0.397. The highest BCUT2D eigenvalue weighted by atomic mass is 79.9. The predicted octanol–water partition coefficient (Wildman–Crippen LogP) is 2.99. The van der Waals surface area contributed by atoms with Crippen LogP contribution in [0.5, 0.6) is 0 Å². The highest BCUT2D eigenvalue weighted by molar-refractivity contribution is 9.10. The van der Waals surface area contributed by atoms with Crippen molar-refractivity contribution >= 4 is 21.6 Å². The first-order chi connectivity index (χ1) is 7.75. The molecule has 0 fully saturated rings. The molecule has 0 bridgehead atoms. The van der Waals surface area contributed by atoms with Crippen molar-refractivity contribution in [2.45, 2.75) is 6.54 Å². The van der Waals surface area contributed by atoms with Gasteiger partial charge in [0.15, 0.2) is 0 Å². The Kier molecular flexibility index (Phi) is 3.46. The minimum atomic E-state index is -0.278. The van der Waals surface area contributed by atoms with E-state index in [9.17, 15) is 4.39 Å². The summed E-state index contributed by atoms with van der Waals surface area (Å²) in [4.78, 5) is 8.16. The van der Waals surface area contributed by atoms with E-state index < -0.39 is 0 Å². The zero-order valence-electron chi connectivity index (χ0n) is 8.32. The molecular weight excluding hydrogens is 273 g/mol. The molecule has 0 radical (unpaired) electrons. The smallest absolute Gasteiger partial charge is 0.147 e. The Balaban J connectivity index is 2.02. The van der Waals surface area contributed by atoms with Gasteiger partial charge in [-0.15, -0.1) is 0 Å². The van der Waals surface area contributed by atoms with E-state index in [0.29, 0.717) is 18.1 Å². The Morgan fingerprint density at radius 2 is 1.88 bits per heavy atom. The molecule has 0 amide bonds. The molecule has 3 nitrogen and oxygen atoms in total. The Hall–Kier alpha value is -1.49. The summed E-state index contributed by atoms with van der Waals surface area (Å²) in [7, 11) is 0. The van der Waals surface area contributed by atoms with Crippen molar-refractivity contribution in [3.05, 3.63) is 52.8 Å². The monoisotopic (exact) mass is 281 g/mol. The minimum Gasteiger partial charge on any atom is -0.375 e. The average Bonchev–Trinajstić information content (AvgIpc) is 2.30. The van der Waals surface area contributed by atoms with Crippen molar-refractivity contribution < 1.29 is 4.39 Å². The van der Waals surface area contributed by atoms with Gasteiger partial charge in [-0.1, -0.05) is 12.1 Å². The number of rotatable bonds is 3. The molecule has 0 saturated carbocycles. The van der Waals surface area contributed by atoms with Gasteiger partial charge < -0.3 is 5.32 Å². The van der Waals surface area contributed by atoms with Gasteiger partial charge in [0, 0.05) is 12.4 Å². The first-order valence-electron chi connectivity index (χ1n) is 4.70. The van der Waals surface area contributed by atoms with Gasteiger partial charge in [-0.25, -0.2) is 14.4 Å². The standard InChI is InChI=1S/C11H9BrFN3/c12-8-5-15-11(16-6-8)7-14-10-4-2-1-3-9(10)13/h1-6,14H,7H2. The Morgan fingerprint density at radius 3 is 2.56 bits per heavy atom. The van der Waals surface area contributed by atoms with Gasteiger partial charge in [0.1, 0.15) is 11.6 Å². The van der Waals surface area contributed by atoms with Crippen LogP contribution in [-0.4, -0.2) is 9.97 Å². The number of benzene rings is 1. The van der Waals surface area contributed by atoms with E-state index in [0.717, 1.165) is 4.47 Å². The van der Waals surface area contributed by atoms with Crippen LogP contribution in [0.3, 0.4) is 0 Å². The predicted molar refractivity (Wildman–Crippen MR) is 63.5 cm³/mol. The molecule has 1 aromatic heterocycles. The second kappa shape index (κ2) is 5.03. The van der Waals surface area contributed by atoms with Crippen molar-refractivity contribution in [2.24, 2.45) is 0 Å². The Labute approximate surface area is 101 Å². The number of hydrogen-bond donors (Lipinski definition) is 1. The molecule has 0 aliphatic heterocycles. The van der Waals surface area contributed by atoms with E-state index in [1.54, 1.807) is 30.6 Å². The van der Waals surface area contributed by atoms with Crippen molar-refractivity contribution in [1.82, 2.24) is 9.97 Å². The maximum Gasteiger partial charge on any atom is 0.147 e. The minimum absolute atomic E-state index is 0.278. The molecule has 0 saturated heterocycles. The fraction of sp³-hybridized carbons (Fsp3) is 0.0909. The number of nitrogens with zero attached hydrogens (tertiary/aromatic N) is 2. The van der Waals surface area contributed by atoms with Crippen molar-refractivity contribution in [3.8, 4) is 0 Å². The lowest BCUT2D eigenvalue weighted by molar-refractivity contribution is 0.629. The van der Waals surface area contributed by atoms with Gasteiger partial charge >= 0.3 is 0 Å². The number of hydrogen-bond acceptors (Lipinski definition) is 3. The van der Waals surface area contributed by atoms with E-state index in [4.69, 9.17) is 0 Å². The summed E-state index contributed by atoms with van der Waals surface area (Å²) in [5.74, 6) is 0.339. The number of nitrogens with one attached hydrogen (secondary N) is 1. The summed E-state index contributed by atoms with van der Waals surface area (Å²) in [6.07, 6.45) is 3.32. The van der Waals surface area contributed by atoms with Crippen LogP contribution in [0.2, 0.25) is 0 Å². The zero-order chi connectivity index (χ0) is 11.4. The van der Waals surface area contributed by atoms with Crippen LogP contribution in [-0.2, 0) is 6.54 Å². The fourth-order valence-electron chi connectivity index (χ4n) is 1.21. The first-order valence-corrected chi connectivity index (χ1v) is 5.50. The molecule has 5 heteroatoms. The maximum atomic E-state index is 13.2. The molecule has 0 aliphatic carbocycles. The number of para-hydroxylation sites is 1. The zero-order valence-corrected chi connectivity index (χ0v) is 9.91. The molecule has 2 aromatic rings. The van der Waals surface area contributed by atoms with E-state index in [-0.39, 0.29) is 5.82 Å². The normalized spacial score (nSPS) is 10.1. The summed E-state index contributed by atoms with van der Waals surface area (Å²) in [6, 6.07) is 6.50. The average molecular weight is 282 g/mol. The first kappa shape index (κ1) is 11.0. The van der Waals surface area contributed by atoms with Crippen LogP contribution in [0.4, 0.5) is 10.1 Å². The van der Waals surface area contributed by atoms with Gasteiger partial charge in [-0.3, -0.25) is 0 Å². The Bertz CT molecular complexity index is 473. The molecule has 82 valence electrons. The topological polar surface area (TPSA) is 37.8 Å². The summed E-state index contributed by atoms with van der Waals surface area (Å²) in [5, 5.41) is 2.93. The van der Waals surface area contributed by atoms with Crippen LogP contribution in [0, 0.1) is 5.82 Å². The van der Waals surface area contributed by atoms with Crippen LogP contribution >= 0.6 is 15.9 Å². The second-order valence-corrected chi connectivity index (χ2v) is 4.07. The van der Waals surface area contributed by atoms with E-state index >= 15 is 0 Å². The van der Waals surface area contributed by atoms with E-state index in [1.165, 1.54) is 6.07 Å². The maximum absolute atomic E-state index is 13.2. The van der Waals surface area contributed by atoms with E-state index in [2.05, 4.69) is 31.2 Å².